The van der Waals surface area contributed by atoms with Crippen molar-refractivity contribution >= 4 is 15.9 Å². The number of piperidine rings is 1. The maximum Gasteiger partial charge on any atom is 0.245 e. The van der Waals surface area contributed by atoms with Gasteiger partial charge in [0.25, 0.3) is 0 Å². The fraction of sp³-hybridized carbons (Fsp3) is 0.533. The molecule has 1 amide bonds. The third-order valence-electron chi connectivity index (χ3n) is 3.83. The quantitative estimate of drug-likeness (QED) is 0.895. The first-order valence-corrected chi connectivity index (χ1v) is 8.93. The molecule has 0 spiro atoms. The van der Waals surface area contributed by atoms with Gasteiger partial charge in [0.2, 0.25) is 15.9 Å². The van der Waals surface area contributed by atoms with E-state index in [1.165, 1.54) is 22.5 Å². The minimum atomic E-state index is -3.83. The number of amides is 1. The second-order valence-electron chi connectivity index (χ2n) is 5.40. The number of halogens is 1. The van der Waals surface area contributed by atoms with Crippen LogP contribution >= 0.6 is 0 Å². The van der Waals surface area contributed by atoms with Gasteiger partial charge in [-0.15, -0.1) is 0 Å². The number of carbonyl (C=O) groups excluding carboxylic acids is 1. The summed E-state index contributed by atoms with van der Waals surface area (Å²) in [5.74, 6) is -0.936. The lowest BCUT2D eigenvalue weighted by atomic mass is 9.97. The van der Waals surface area contributed by atoms with Crippen molar-refractivity contribution in [2.45, 2.75) is 31.1 Å². The Labute approximate surface area is 130 Å². The number of carbonyl (C=O) groups is 1. The van der Waals surface area contributed by atoms with Gasteiger partial charge in [-0.1, -0.05) is 19.1 Å². The van der Waals surface area contributed by atoms with Crippen LogP contribution in [0, 0.1) is 11.7 Å². The van der Waals surface area contributed by atoms with Gasteiger partial charge in [-0.25, -0.2) is 12.8 Å². The van der Waals surface area contributed by atoms with Crippen LogP contribution in [0.15, 0.2) is 29.2 Å². The Bertz CT molecular complexity index is 625. The molecule has 0 bridgehead atoms. The number of sulfonamides is 1. The lowest BCUT2D eigenvalue weighted by molar-refractivity contribution is -0.126. The lowest BCUT2D eigenvalue weighted by Gasteiger charge is -2.30. The predicted molar refractivity (Wildman–Crippen MR) is 81.2 cm³/mol. The van der Waals surface area contributed by atoms with Crippen LogP contribution in [0.1, 0.15) is 26.2 Å². The Morgan fingerprint density at radius 2 is 1.95 bits per heavy atom. The number of nitrogens with one attached hydrogen (secondary N) is 1. The van der Waals surface area contributed by atoms with Crippen LogP contribution in [0.25, 0.3) is 0 Å². The van der Waals surface area contributed by atoms with Crippen LogP contribution in [0.4, 0.5) is 4.39 Å². The molecule has 7 heteroatoms. The highest BCUT2D eigenvalue weighted by atomic mass is 32.2. The van der Waals surface area contributed by atoms with Crippen molar-refractivity contribution < 1.29 is 17.6 Å². The van der Waals surface area contributed by atoms with Gasteiger partial charge in [-0.3, -0.25) is 4.79 Å². The van der Waals surface area contributed by atoms with Crippen molar-refractivity contribution in [3.8, 4) is 0 Å². The summed E-state index contributed by atoms with van der Waals surface area (Å²) in [6.45, 7) is 3.08. The molecule has 0 saturated carbocycles. The Hall–Kier alpha value is -1.47. The molecule has 0 unspecified atom stereocenters. The number of benzene rings is 1. The second-order valence-corrected chi connectivity index (χ2v) is 7.31. The maximum absolute atomic E-state index is 13.7. The standard InChI is InChI=1S/C15H21FN2O3S/c1-2-9-17-15(19)12-7-10-18(11-8-12)22(20,21)14-6-4-3-5-13(14)16/h3-6,12H,2,7-11H2,1H3,(H,17,19). The molecule has 1 N–H and O–H groups in total. The van der Waals surface area contributed by atoms with Gasteiger partial charge in [-0.2, -0.15) is 4.31 Å². The van der Waals surface area contributed by atoms with Crippen LogP contribution < -0.4 is 5.32 Å². The van der Waals surface area contributed by atoms with Crippen molar-refractivity contribution in [1.29, 1.82) is 0 Å². The minimum absolute atomic E-state index is 0.0233. The van der Waals surface area contributed by atoms with Gasteiger partial charge in [0.1, 0.15) is 10.7 Å². The summed E-state index contributed by atoms with van der Waals surface area (Å²) in [5, 5.41) is 2.83. The molecule has 0 atom stereocenters. The third kappa shape index (κ3) is 3.64. The largest absolute Gasteiger partial charge is 0.356 e. The van der Waals surface area contributed by atoms with Gasteiger partial charge < -0.3 is 5.32 Å². The molecule has 1 aromatic carbocycles. The van der Waals surface area contributed by atoms with E-state index < -0.39 is 15.8 Å². The average Bonchev–Trinajstić information content (AvgIpc) is 2.53. The molecule has 122 valence electrons. The minimum Gasteiger partial charge on any atom is -0.356 e. The van der Waals surface area contributed by atoms with Crippen molar-refractivity contribution in [2.75, 3.05) is 19.6 Å². The smallest absolute Gasteiger partial charge is 0.245 e. The first-order valence-electron chi connectivity index (χ1n) is 7.49. The fourth-order valence-corrected chi connectivity index (χ4v) is 4.08. The molecular formula is C15H21FN2O3S. The molecule has 1 aromatic rings. The highest BCUT2D eigenvalue weighted by Crippen LogP contribution is 2.25. The lowest BCUT2D eigenvalue weighted by Crippen LogP contribution is -2.43. The highest BCUT2D eigenvalue weighted by Gasteiger charge is 2.33. The Kier molecular flexibility index (Phi) is 5.52. The first-order chi connectivity index (χ1) is 10.5. The molecule has 0 aromatic heterocycles. The van der Waals surface area contributed by atoms with E-state index in [9.17, 15) is 17.6 Å². The molecule has 1 heterocycles. The molecule has 0 radical (unpaired) electrons. The van der Waals surface area contributed by atoms with E-state index in [1.807, 2.05) is 6.92 Å². The van der Waals surface area contributed by atoms with E-state index in [-0.39, 0.29) is 29.8 Å². The van der Waals surface area contributed by atoms with Crippen LogP contribution in [0.5, 0.6) is 0 Å². The highest BCUT2D eigenvalue weighted by molar-refractivity contribution is 7.89. The van der Waals surface area contributed by atoms with E-state index in [4.69, 9.17) is 0 Å². The second kappa shape index (κ2) is 7.19. The first kappa shape index (κ1) is 16.9. The summed E-state index contributed by atoms with van der Waals surface area (Å²) in [5.41, 5.74) is 0. The molecule has 1 aliphatic heterocycles. The molecule has 0 aliphatic carbocycles. The Morgan fingerprint density at radius 1 is 1.32 bits per heavy atom. The number of hydrogen-bond donors (Lipinski definition) is 1. The molecule has 1 saturated heterocycles. The van der Waals surface area contributed by atoms with Gasteiger partial charge in [0, 0.05) is 25.6 Å². The molecule has 5 nitrogen and oxygen atoms in total. The van der Waals surface area contributed by atoms with Crippen molar-refractivity contribution in [3.05, 3.63) is 30.1 Å². The van der Waals surface area contributed by atoms with Crippen molar-refractivity contribution in [2.24, 2.45) is 5.92 Å². The van der Waals surface area contributed by atoms with E-state index >= 15 is 0 Å². The normalized spacial score (nSPS) is 17.4. The van der Waals surface area contributed by atoms with Gasteiger partial charge in [-0.05, 0) is 31.4 Å². The topological polar surface area (TPSA) is 66.5 Å². The summed E-state index contributed by atoms with van der Waals surface area (Å²) in [6, 6.07) is 5.36. The van der Waals surface area contributed by atoms with E-state index in [0.717, 1.165) is 12.5 Å². The zero-order chi connectivity index (χ0) is 16.2. The molecule has 22 heavy (non-hydrogen) atoms. The summed E-state index contributed by atoms with van der Waals surface area (Å²) < 4.78 is 39.9. The van der Waals surface area contributed by atoms with Gasteiger partial charge in [0.15, 0.2) is 0 Å². The summed E-state index contributed by atoms with van der Waals surface area (Å²) >= 11 is 0. The monoisotopic (exact) mass is 328 g/mol. The molecule has 1 aliphatic rings. The molecular weight excluding hydrogens is 307 g/mol. The SMILES string of the molecule is CCCNC(=O)C1CCN(S(=O)(=O)c2ccccc2F)CC1. The summed E-state index contributed by atoms with van der Waals surface area (Å²) in [7, 11) is -3.83. The Morgan fingerprint density at radius 3 is 2.55 bits per heavy atom. The van der Waals surface area contributed by atoms with E-state index in [1.54, 1.807) is 0 Å². The Balaban J connectivity index is 2.02. The van der Waals surface area contributed by atoms with Crippen molar-refractivity contribution in [1.82, 2.24) is 9.62 Å². The summed E-state index contributed by atoms with van der Waals surface area (Å²) in [6.07, 6.45) is 1.79. The third-order valence-corrected chi connectivity index (χ3v) is 5.76. The zero-order valence-corrected chi connectivity index (χ0v) is 13.4. The number of nitrogens with zero attached hydrogens (tertiary/aromatic N) is 1. The van der Waals surface area contributed by atoms with Gasteiger partial charge in [0.05, 0.1) is 0 Å². The molecule has 1 fully saturated rings. The van der Waals surface area contributed by atoms with Crippen LogP contribution in [-0.4, -0.2) is 38.3 Å². The zero-order valence-electron chi connectivity index (χ0n) is 12.6. The van der Waals surface area contributed by atoms with Crippen molar-refractivity contribution in [3.63, 3.8) is 0 Å². The van der Waals surface area contributed by atoms with Crippen LogP contribution in [0.2, 0.25) is 0 Å². The van der Waals surface area contributed by atoms with E-state index in [2.05, 4.69) is 5.32 Å². The number of rotatable bonds is 5. The van der Waals surface area contributed by atoms with E-state index in [0.29, 0.717) is 19.4 Å². The summed E-state index contributed by atoms with van der Waals surface area (Å²) in [4.78, 5) is 11.6. The predicted octanol–water partition coefficient (Wildman–Crippen LogP) is 1.75. The van der Waals surface area contributed by atoms with Crippen LogP contribution in [-0.2, 0) is 14.8 Å². The average molecular weight is 328 g/mol. The fourth-order valence-electron chi connectivity index (χ4n) is 2.54. The van der Waals surface area contributed by atoms with Crippen LogP contribution in [0.3, 0.4) is 0 Å². The number of hydrogen-bond acceptors (Lipinski definition) is 3. The molecule has 2 rings (SSSR count). The van der Waals surface area contributed by atoms with Gasteiger partial charge >= 0.3 is 0 Å². The maximum atomic E-state index is 13.7.